The fourth-order valence-corrected chi connectivity index (χ4v) is 0.965. The number of ether oxygens (including phenoxy) is 2. The van der Waals surface area contributed by atoms with E-state index in [9.17, 15) is 9.59 Å². The number of carbonyl (C=O) groups is 2. The molecule has 0 fully saturated rings. The monoisotopic (exact) mass is 294 g/mol. The molecule has 0 aromatic carbocycles. The lowest BCUT2D eigenvalue weighted by Gasteiger charge is -1.96. The highest BCUT2D eigenvalue weighted by Gasteiger charge is 2.05. The van der Waals surface area contributed by atoms with E-state index >= 15 is 0 Å². The SMILES string of the molecule is COCCCC(=O)OC.Cl.NC(=O)c1[nH]cnc1N. The number of nitrogens with two attached hydrogens (primary N) is 2. The van der Waals surface area contributed by atoms with Crippen LogP contribution in [0, 0.1) is 0 Å². The molecule has 0 saturated heterocycles. The number of aromatic amines is 1. The second kappa shape index (κ2) is 11.3. The molecule has 0 aliphatic rings. The van der Waals surface area contributed by atoms with Crippen LogP contribution in [0.3, 0.4) is 0 Å². The zero-order valence-corrected chi connectivity index (χ0v) is 11.7. The summed E-state index contributed by atoms with van der Waals surface area (Å²) in [6, 6.07) is 0. The third-order valence-electron chi connectivity index (χ3n) is 1.87. The highest BCUT2D eigenvalue weighted by atomic mass is 35.5. The normalized spacial score (nSPS) is 8.74. The number of esters is 1. The number of methoxy groups -OCH3 is 2. The van der Waals surface area contributed by atoms with Gasteiger partial charge in [-0.1, -0.05) is 0 Å². The van der Waals surface area contributed by atoms with E-state index in [0.717, 1.165) is 6.42 Å². The van der Waals surface area contributed by atoms with Crippen LogP contribution >= 0.6 is 12.4 Å². The first kappa shape index (κ1) is 19.5. The van der Waals surface area contributed by atoms with Crippen LogP contribution < -0.4 is 11.5 Å². The maximum atomic E-state index is 10.4. The maximum Gasteiger partial charge on any atom is 0.305 e. The van der Waals surface area contributed by atoms with Crippen LogP contribution in [0.4, 0.5) is 5.82 Å². The van der Waals surface area contributed by atoms with Crippen LogP contribution in [-0.2, 0) is 14.3 Å². The molecule has 110 valence electrons. The summed E-state index contributed by atoms with van der Waals surface area (Å²) in [5.41, 5.74) is 10.2. The fourth-order valence-electron chi connectivity index (χ4n) is 0.965. The van der Waals surface area contributed by atoms with Crippen molar-refractivity contribution in [3.8, 4) is 0 Å². The number of hydrogen-bond acceptors (Lipinski definition) is 6. The van der Waals surface area contributed by atoms with Crippen molar-refractivity contribution >= 4 is 30.1 Å². The van der Waals surface area contributed by atoms with E-state index in [0.29, 0.717) is 13.0 Å². The minimum Gasteiger partial charge on any atom is -0.469 e. The van der Waals surface area contributed by atoms with Crippen LogP contribution in [0.5, 0.6) is 0 Å². The van der Waals surface area contributed by atoms with Crippen molar-refractivity contribution in [3.05, 3.63) is 12.0 Å². The largest absolute Gasteiger partial charge is 0.469 e. The summed E-state index contributed by atoms with van der Waals surface area (Å²) < 4.78 is 9.13. The number of carbonyl (C=O) groups excluding carboxylic acids is 2. The number of imidazole rings is 1. The Bertz CT molecular complexity index is 383. The Labute approximate surface area is 117 Å². The number of hydrogen-bond donors (Lipinski definition) is 3. The van der Waals surface area contributed by atoms with Gasteiger partial charge in [0.25, 0.3) is 5.91 Å². The molecule has 9 heteroatoms. The van der Waals surface area contributed by atoms with Crippen molar-refractivity contribution in [1.82, 2.24) is 9.97 Å². The molecule has 1 heterocycles. The smallest absolute Gasteiger partial charge is 0.305 e. The summed E-state index contributed by atoms with van der Waals surface area (Å²) in [6.45, 7) is 0.620. The molecule has 1 rings (SSSR count). The number of H-pyrrole nitrogens is 1. The molecule has 0 bridgehead atoms. The molecular weight excluding hydrogens is 276 g/mol. The van der Waals surface area contributed by atoms with Gasteiger partial charge in [-0.15, -0.1) is 12.4 Å². The van der Waals surface area contributed by atoms with Gasteiger partial charge in [-0.25, -0.2) is 4.98 Å². The fraction of sp³-hybridized carbons (Fsp3) is 0.500. The summed E-state index contributed by atoms with van der Waals surface area (Å²) in [4.78, 5) is 26.8. The summed E-state index contributed by atoms with van der Waals surface area (Å²) >= 11 is 0. The summed E-state index contributed by atoms with van der Waals surface area (Å²) in [6.07, 6.45) is 2.50. The van der Waals surface area contributed by atoms with Gasteiger partial charge in [0.1, 0.15) is 5.69 Å². The first-order chi connectivity index (χ1) is 8.52. The number of rotatable bonds is 5. The van der Waals surface area contributed by atoms with Crippen LogP contribution in [0.25, 0.3) is 0 Å². The van der Waals surface area contributed by atoms with E-state index in [2.05, 4.69) is 14.7 Å². The highest BCUT2D eigenvalue weighted by molar-refractivity contribution is 5.94. The third-order valence-corrected chi connectivity index (χ3v) is 1.87. The van der Waals surface area contributed by atoms with Gasteiger partial charge < -0.3 is 25.9 Å². The molecule has 1 aromatic heterocycles. The molecule has 0 unspecified atom stereocenters. The first-order valence-corrected chi connectivity index (χ1v) is 5.17. The van der Waals surface area contributed by atoms with Crippen LogP contribution in [-0.4, -0.2) is 42.7 Å². The van der Waals surface area contributed by atoms with Crippen molar-refractivity contribution in [1.29, 1.82) is 0 Å². The topological polar surface area (TPSA) is 133 Å². The Morgan fingerprint density at radius 1 is 1.42 bits per heavy atom. The van der Waals surface area contributed by atoms with Gasteiger partial charge in [-0.05, 0) is 6.42 Å². The molecule has 0 saturated carbocycles. The van der Waals surface area contributed by atoms with Gasteiger partial charge in [0.05, 0.1) is 13.4 Å². The Kier molecular flexibility index (Phi) is 11.6. The van der Waals surface area contributed by atoms with Gasteiger partial charge >= 0.3 is 5.97 Å². The Balaban J connectivity index is 0. The quantitative estimate of drug-likeness (QED) is 0.521. The summed E-state index contributed by atoms with van der Waals surface area (Å²) in [5.74, 6) is -0.625. The highest BCUT2D eigenvalue weighted by Crippen LogP contribution is 2.00. The number of nitrogen functional groups attached to an aromatic ring is 1. The average molecular weight is 295 g/mol. The average Bonchev–Trinajstić information content (AvgIpc) is 2.76. The van der Waals surface area contributed by atoms with Crippen molar-refractivity contribution in [3.63, 3.8) is 0 Å². The van der Waals surface area contributed by atoms with Crippen molar-refractivity contribution in [2.45, 2.75) is 12.8 Å². The van der Waals surface area contributed by atoms with E-state index in [-0.39, 0.29) is 29.9 Å². The summed E-state index contributed by atoms with van der Waals surface area (Å²) in [5, 5.41) is 0. The summed E-state index contributed by atoms with van der Waals surface area (Å²) in [7, 11) is 2.99. The third kappa shape index (κ3) is 8.86. The number of primary amides is 1. The van der Waals surface area contributed by atoms with Crippen LogP contribution in [0.15, 0.2) is 6.33 Å². The lowest BCUT2D eigenvalue weighted by Crippen LogP contribution is -2.13. The van der Waals surface area contributed by atoms with E-state index in [1.54, 1.807) is 7.11 Å². The lowest BCUT2D eigenvalue weighted by atomic mass is 10.3. The number of nitrogens with one attached hydrogen (secondary N) is 1. The number of aromatic nitrogens is 2. The molecule has 1 aromatic rings. The number of nitrogens with zero attached hydrogens (tertiary/aromatic N) is 1. The van der Waals surface area contributed by atoms with Crippen molar-refractivity contribution in [2.24, 2.45) is 5.73 Å². The molecule has 0 spiro atoms. The number of halogens is 1. The molecule has 19 heavy (non-hydrogen) atoms. The van der Waals surface area contributed by atoms with Gasteiger partial charge in [0.15, 0.2) is 5.82 Å². The molecule has 0 atom stereocenters. The minimum absolute atomic E-state index is 0. The Morgan fingerprint density at radius 2 is 2.05 bits per heavy atom. The first-order valence-electron chi connectivity index (χ1n) is 5.17. The van der Waals surface area contributed by atoms with E-state index in [1.165, 1.54) is 13.4 Å². The number of anilines is 1. The van der Waals surface area contributed by atoms with Crippen molar-refractivity contribution < 1.29 is 19.1 Å². The molecule has 0 aliphatic carbocycles. The van der Waals surface area contributed by atoms with E-state index < -0.39 is 5.91 Å². The van der Waals surface area contributed by atoms with Gasteiger partial charge in [0.2, 0.25) is 0 Å². The van der Waals surface area contributed by atoms with Crippen LogP contribution in [0.2, 0.25) is 0 Å². The second-order valence-electron chi connectivity index (χ2n) is 3.20. The zero-order valence-electron chi connectivity index (χ0n) is 10.8. The lowest BCUT2D eigenvalue weighted by molar-refractivity contribution is -0.140. The molecule has 8 nitrogen and oxygen atoms in total. The standard InChI is InChI=1S/C6H12O3.C4H6N4O.ClH/c1-8-5-3-4-6(7)9-2;5-3-2(4(6)9)7-1-8-3;/h3-5H2,1-2H3;1H,5H2,(H2,6,9)(H,7,8);1H. The second-order valence-corrected chi connectivity index (χ2v) is 3.20. The van der Waals surface area contributed by atoms with E-state index in [1.807, 2.05) is 0 Å². The Morgan fingerprint density at radius 3 is 2.37 bits per heavy atom. The number of amides is 1. The molecular formula is C10H19ClN4O4. The predicted molar refractivity (Wildman–Crippen MR) is 71.9 cm³/mol. The predicted octanol–water partition coefficient (Wildman–Crippen LogP) is 0.0986. The Hall–Kier alpha value is -1.80. The van der Waals surface area contributed by atoms with Gasteiger partial charge in [0, 0.05) is 20.1 Å². The van der Waals surface area contributed by atoms with E-state index in [4.69, 9.17) is 16.2 Å². The molecule has 5 N–H and O–H groups in total. The molecule has 0 aliphatic heterocycles. The van der Waals surface area contributed by atoms with Gasteiger partial charge in [-0.3, -0.25) is 9.59 Å². The molecule has 1 amide bonds. The van der Waals surface area contributed by atoms with Crippen LogP contribution in [0.1, 0.15) is 23.3 Å². The molecule has 0 radical (unpaired) electrons. The zero-order chi connectivity index (χ0) is 14.0. The maximum absolute atomic E-state index is 10.4. The minimum atomic E-state index is -0.593. The van der Waals surface area contributed by atoms with Gasteiger partial charge in [-0.2, -0.15) is 0 Å². The van der Waals surface area contributed by atoms with Crippen molar-refractivity contribution in [2.75, 3.05) is 26.6 Å².